The van der Waals surface area contributed by atoms with Crippen molar-refractivity contribution in [2.24, 2.45) is 0 Å². The van der Waals surface area contributed by atoms with Crippen LogP contribution in [0.25, 0.3) is 0 Å². The highest BCUT2D eigenvalue weighted by molar-refractivity contribution is 7.85. The minimum absolute atomic E-state index is 0.117. The molecule has 30 heavy (non-hydrogen) atoms. The Morgan fingerprint density at radius 2 is 1.70 bits per heavy atom. The standard InChI is InChI=1S/C22H19F3N2O2S/c1-3-26-22(28)20-10-13(2)18(12-27-20)21(17-11-15(24)6-9-19(17)25)30(29)16-7-4-14(23)5-8-16/h4-12,21H,3H2,1-2H3,(H,26,28). The molecular formula is C22H19F3N2O2S. The first-order valence-electron chi connectivity index (χ1n) is 9.17. The van der Waals surface area contributed by atoms with E-state index >= 15 is 0 Å². The maximum Gasteiger partial charge on any atom is 0.269 e. The smallest absolute Gasteiger partial charge is 0.269 e. The molecule has 2 unspecified atom stereocenters. The van der Waals surface area contributed by atoms with E-state index in [4.69, 9.17) is 0 Å². The van der Waals surface area contributed by atoms with E-state index in [-0.39, 0.29) is 22.1 Å². The molecule has 0 spiro atoms. The Kier molecular flexibility index (Phi) is 6.66. The van der Waals surface area contributed by atoms with Gasteiger partial charge in [-0.3, -0.25) is 14.0 Å². The zero-order chi connectivity index (χ0) is 21.8. The van der Waals surface area contributed by atoms with Gasteiger partial charge in [0.25, 0.3) is 5.91 Å². The zero-order valence-electron chi connectivity index (χ0n) is 16.3. The van der Waals surface area contributed by atoms with Crippen LogP contribution in [0.15, 0.2) is 59.6 Å². The Balaban J connectivity index is 2.14. The van der Waals surface area contributed by atoms with Crippen molar-refractivity contribution in [2.45, 2.75) is 24.0 Å². The predicted molar refractivity (Wildman–Crippen MR) is 108 cm³/mol. The van der Waals surface area contributed by atoms with E-state index in [1.165, 1.54) is 24.4 Å². The third-order valence-corrected chi connectivity index (χ3v) is 6.18. The third kappa shape index (κ3) is 4.59. The van der Waals surface area contributed by atoms with Crippen molar-refractivity contribution in [2.75, 3.05) is 6.54 Å². The minimum atomic E-state index is -1.89. The van der Waals surface area contributed by atoms with Crippen LogP contribution in [0.2, 0.25) is 0 Å². The average Bonchev–Trinajstić information content (AvgIpc) is 2.72. The van der Waals surface area contributed by atoms with Crippen molar-refractivity contribution in [3.8, 4) is 0 Å². The Labute approximate surface area is 174 Å². The predicted octanol–water partition coefficient (Wildman–Crippen LogP) is 4.45. The van der Waals surface area contributed by atoms with Crippen molar-refractivity contribution in [3.05, 3.63) is 94.6 Å². The first-order chi connectivity index (χ1) is 14.3. The number of nitrogens with zero attached hydrogens (tertiary/aromatic N) is 1. The van der Waals surface area contributed by atoms with Crippen LogP contribution in [0.4, 0.5) is 13.2 Å². The van der Waals surface area contributed by atoms with Gasteiger partial charge in [0, 0.05) is 23.2 Å². The molecule has 0 saturated heterocycles. The topological polar surface area (TPSA) is 59.1 Å². The van der Waals surface area contributed by atoms with Crippen molar-refractivity contribution in [1.29, 1.82) is 0 Å². The number of carbonyl (C=O) groups is 1. The molecule has 3 rings (SSSR count). The fourth-order valence-corrected chi connectivity index (χ4v) is 4.60. The fraction of sp³-hybridized carbons (Fsp3) is 0.182. The van der Waals surface area contributed by atoms with Gasteiger partial charge in [-0.1, -0.05) is 0 Å². The third-order valence-electron chi connectivity index (χ3n) is 4.50. The monoisotopic (exact) mass is 432 g/mol. The van der Waals surface area contributed by atoms with Gasteiger partial charge in [0.2, 0.25) is 0 Å². The summed E-state index contributed by atoms with van der Waals surface area (Å²) in [5.41, 5.74) is 0.947. The molecule has 4 nitrogen and oxygen atoms in total. The second-order valence-corrected chi connectivity index (χ2v) is 8.12. The number of nitrogens with one attached hydrogen (secondary N) is 1. The Hall–Kier alpha value is -3.00. The summed E-state index contributed by atoms with van der Waals surface area (Å²) >= 11 is 0. The number of hydrogen-bond acceptors (Lipinski definition) is 3. The van der Waals surface area contributed by atoms with Crippen LogP contribution in [0.5, 0.6) is 0 Å². The van der Waals surface area contributed by atoms with Gasteiger partial charge in [0.05, 0.1) is 16.0 Å². The molecule has 0 aliphatic carbocycles. The number of aromatic nitrogens is 1. The van der Waals surface area contributed by atoms with Gasteiger partial charge in [0.15, 0.2) is 0 Å². The van der Waals surface area contributed by atoms with Gasteiger partial charge in [0.1, 0.15) is 23.1 Å². The van der Waals surface area contributed by atoms with E-state index in [9.17, 15) is 22.2 Å². The number of benzene rings is 2. The molecule has 0 radical (unpaired) electrons. The molecular weight excluding hydrogens is 413 g/mol. The second-order valence-electron chi connectivity index (χ2n) is 6.58. The summed E-state index contributed by atoms with van der Waals surface area (Å²) in [6.45, 7) is 3.87. The van der Waals surface area contributed by atoms with Crippen LogP contribution < -0.4 is 5.32 Å². The quantitative estimate of drug-likeness (QED) is 0.626. The highest BCUT2D eigenvalue weighted by Gasteiger charge is 2.28. The van der Waals surface area contributed by atoms with Gasteiger partial charge in [-0.25, -0.2) is 13.2 Å². The summed E-state index contributed by atoms with van der Waals surface area (Å²) in [5, 5.41) is 1.52. The number of rotatable bonds is 6. The summed E-state index contributed by atoms with van der Waals surface area (Å²) < 4.78 is 55.2. The fourth-order valence-electron chi connectivity index (χ4n) is 3.03. The first kappa shape index (κ1) is 21.7. The molecule has 0 bridgehead atoms. The lowest BCUT2D eigenvalue weighted by molar-refractivity contribution is 0.0950. The number of halogens is 3. The molecule has 156 valence electrons. The minimum Gasteiger partial charge on any atom is -0.351 e. The summed E-state index contributed by atoms with van der Waals surface area (Å²) in [4.78, 5) is 16.4. The summed E-state index contributed by atoms with van der Waals surface area (Å²) in [6.07, 6.45) is 1.34. The number of carbonyl (C=O) groups excluding carboxylic acids is 1. The molecule has 8 heteroatoms. The molecule has 0 aliphatic rings. The van der Waals surface area contributed by atoms with Gasteiger partial charge in [-0.2, -0.15) is 0 Å². The molecule has 1 aromatic heterocycles. The Bertz CT molecular complexity index is 1100. The Morgan fingerprint density at radius 3 is 2.33 bits per heavy atom. The van der Waals surface area contributed by atoms with Gasteiger partial charge >= 0.3 is 0 Å². The molecule has 1 heterocycles. The number of aryl methyl sites for hydroxylation is 1. The lowest BCUT2D eigenvalue weighted by Crippen LogP contribution is -2.24. The Morgan fingerprint density at radius 1 is 1.03 bits per heavy atom. The highest BCUT2D eigenvalue weighted by atomic mass is 32.2. The van der Waals surface area contributed by atoms with Crippen LogP contribution in [-0.2, 0) is 10.8 Å². The van der Waals surface area contributed by atoms with E-state index in [0.717, 1.165) is 30.3 Å². The van der Waals surface area contributed by atoms with Gasteiger partial charge < -0.3 is 5.32 Å². The maximum absolute atomic E-state index is 14.6. The largest absolute Gasteiger partial charge is 0.351 e. The van der Waals surface area contributed by atoms with Crippen molar-refractivity contribution < 1.29 is 22.2 Å². The number of hydrogen-bond donors (Lipinski definition) is 1. The first-order valence-corrected chi connectivity index (χ1v) is 10.4. The van der Waals surface area contributed by atoms with Crippen LogP contribution in [0.3, 0.4) is 0 Å². The lowest BCUT2D eigenvalue weighted by atomic mass is 10.0. The molecule has 2 atom stereocenters. The maximum atomic E-state index is 14.6. The molecule has 0 aliphatic heterocycles. The molecule has 1 N–H and O–H groups in total. The number of pyridine rings is 1. The van der Waals surface area contributed by atoms with E-state index in [1.807, 2.05) is 0 Å². The van der Waals surface area contributed by atoms with E-state index in [2.05, 4.69) is 10.3 Å². The SMILES string of the molecule is CCNC(=O)c1cc(C)c(C(c2cc(F)ccc2F)S(=O)c2ccc(F)cc2)cn1. The number of amides is 1. The zero-order valence-corrected chi connectivity index (χ0v) is 17.1. The van der Waals surface area contributed by atoms with Gasteiger partial charge in [-0.15, -0.1) is 0 Å². The summed E-state index contributed by atoms with van der Waals surface area (Å²) in [5.74, 6) is -2.30. The van der Waals surface area contributed by atoms with Crippen LogP contribution in [0, 0.1) is 24.4 Å². The molecule has 1 amide bonds. The van der Waals surface area contributed by atoms with Crippen LogP contribution >= 0.6 is 0 Å². The molecule has 0 fully saturated rings. The second kappa shape index (κ2) is 9.21. The lowest BCUT2D eigenvalue weighted by Gasteiger charge is -2.20. The normalized spacial score (nSPS) is 13.0. The molecule has 2 aromatic carbocycles. The van der Waals surface area contributed by atoms with Crippen molar-refractivity contribution in [1.82, 2.24) is 10.3 Å². The van der Waals surface area contributed by atoms with Gasteiger partial charge in [-0.05, 0) is 73.5 Å². The molecule has 0 saturated carbocycles. The highest BCUT2D eigenvalue weighted by Crippen LogP contribution is 2.35. The van der Waals surface area contributed by atoms with Crippen molar-refractivity contribution >= 4 is 16.7 Å². The summed E-state index contributed by atoms with van der Waals surface area (Å²) in [6, 6.07) is 9.39. The van der Waals surface area contributed by atoms with E-state index in [1.54, 1.807) is 13.8 Å². The van der Waals surface area contributed by atoms with E-state index in [0.29, 0.717) is 17.7 Å². The average molecular weight is 432 g/mol. The van der Waals surface area contributed by atoms with Crippen molar-refractivity contribution in [3.63, 3.8) is 0 Å². The van der Waals surface area contributed by atoms with E-state index < -0.39 is 33.5 Å². The summed E-state index contributed by atoms with van der Waals surface area (Å²) in [7, 11) is -1.89. The molecule has 3 aromatic rings. The van der Waals surface area contributed by atoms with Crippen LogP contribution in [0.1, 0.15) is 39.4 Å². The van der Waals surface area contributed by atoms with Crippen LogP contribution in [-0.4, -0.2) is 21.6 Å².